The minimum Gasteiger partial charge on any atom is -0.496 e. The molecule has 0 amide bonds. The second-order valence-electron chi connectivity index (χ2n) is 4.59. The highest BCUT2D eigenvalue weighted by molar-refractivity contribution is 5.74. The predicted octanol–water partition coefficient (Wildman–Crippen LogP) is 2.20. The Bertz CT molecular complexity index is 619. The quantitative estimate of drug-likeness (QED) is 0.778. The minimum absolute atomic E-state index is 0.0114. The number of hydrogen-bond donors (Lipinski definition) is 0. The summed E-state index contributed by atoms with van der Waals surface area (Å²) < 4.78 is 15.4. The number of carbonyl (C=O) groups is 1. The average Bonchev–Trinajstić information content (AvgIpc) is 3.23. The molecule has 1 heterocycles. The third-order valence-electron chi connectivity index (χ3n) is 3.06. The number of methoxy groups -OCH3 is 1. The number of hydrogen-bond acceptors (Lipinski definition) is 6. The van der Waals surface area contributed by atoms with Crippen LogP contribution >= 0.6 is 0 Å². The van der Waals surface area contributed by atoms with E-state index in [0.29, 0.717) is 11.6 Å². The number of nitrogens with zero attached hydrogens (tertiary/aromatic N) is 2. The normalized spacial score (nSPS) is 14.1. The fraction of sp³-hybridized carbons (Fsp3) is 0.357. The van der Waals surface area contributed by atoms with Gasteiger partial charge in [0.25, 0.3) is 5.89 Å². The lowest BCUT2D eigenvalue weighted by molar-refractivity contribution is -0.147. The van der Waals surface area contributed by atoms with Crippen molar-refractivity contribution in [2.45, 2.75) is 19.4 Å². The lowest BCUT2D eigenvalue weighted by atomic mass is 10.2. The minimum atomic E-state index is -0.193. The first-order valence-corrected chi connectivity index (χ1v) is 6.40. The molecule has 1 aromatic carbocycles. The molecule has 20 heavy (non-hydrogen) atoms. The van der Waals surface area contributed by atoms with E-state index in [9.17, 15) is 4.79 Å². The van der Waals surface area contributed by atoms with Gasteiger partial charge in [-0.05, 0) is 25.0 Å². The maximum absolute atomic E-state index is 11.4. The van der Waals surface area contributed by atoms with E-state index in [1.54, 1.807) is 7.11 Å². The van der Waals surface area contributed by atoms with Crippen LogP contribution in [0.2, 0.25) is 0 Å². The van der Waals surface area contributed by atoms with Crippen molar-refractivity contribution in [1.82, 2.24) is 10.1 Å². The molecule has 1 fully saturated rings. The highest BCUT2D eigenvalue weighted by atomic mass is 16.6. The van der Waals surface area contributed by atoms with Crippen molar-refractivity contribution in [1.29, 1.82) is 0 Å². The van der Waals surface area contributed by atoms with Gasteiger partial charge in [-0.15, -0.1) is 0 Å². The molecule has 0 aliphatic heterocycles. The fourth-order valence-corrected chi connectivity index (χ4v) is 1.82. The third kappa shape index (κ3) is 2.64. The topological polar surface area (TPSA) is 74.5 Å². The number of carbonyl (C=O) groups excluding carboxylic acids is 1. The van der Waals surface area contributed by atoms with E-state index in [4.69, 9.17) is 14.0 Å². The molecule has 104 valence electrons. The summed E-state index contributed by atoms with van der Waals surface area (Å²) in [5.74, 6) is 1.23. The zero-order valence-corrected chi connectivity index (χ0v) is 11.0. The van der Waals surface area contributed by atoms with Crippen LogP contribution in [0.3, 0.4) is 0 Å². The molecule has 6 heteroatoms. The van der Waals surface area contributed by atoms with Crippen molar-refractivity contribution in [2.75, 3.05) is 7.11 Å². The summed E-state index contributed by atoms with van der Waals surface area (Å²) in [5.41, 5.74) is 0.735. The third-order valence-corrected chi connectivity index (χ3v) is 3.06. The molecular formula is C14H14N2O4. The number of rotatable bonds is 5. The summed E-state index contributed by atoms with van der Waals surface area (Å²) in [4.78, 5) is 15.6. The van der Waals surface area contributed by atoms with Gasteiger partial charge in [-0.2, -0.15) is 4.98 Å². The van der Waals surface area contributed by atoms with Gasteiger partial charge in [0.2, 0.25) is 5.82 Å². The van der Waals surface area contributed by atoms with Crippen LogP contribution in [-0.4, -0.2) is 23.2 Å². The van der Waals surface area contributed by atoms with Crippen molar-refractivity contribution in [2.24, 2.45) is 5.92 Å². The van der Waals surface area contributed by atoms with Crippen LogP contribution in [0.5, 0.6) is 5.75 Å². The SMILES string of the molecule is COc1ccccc1-c1noc(COC(=O)C2CC2)n1. The molecule has 1 aromatic heterocycles. The Hall–Kier alpha value is -2.37. The first kappa shape index (κ1) is 12.7. The first-order chi connectivity index (χ1) is 9.78. The van der Waals surface area contributed by atoms with Crippen LogP contribution in [-0.2, 0) is 16.1 Å². The van der Waals surface area contributed by atoms with E-state index in [1.165, 1.54) is 0 Å². The Balaban J connectivity index is 1.71. The molecule has 3 rings (SSSR count). The maximum Gasteiger partial charge on any atom is 0.309 e. The van der Waals surface area contributed by atoms with E-state index in [1.807, 2.05) is 24.3 Å². The maximum atomic E-state index is 11.4. The van der Waals surface area contributed by atoms with Gasteiger partial charge in [-0.3, -0.25) is 4.79 Å². The number of ether oxygens (including phenoxy) is 2. The van der Waals surface area contributed by atoms with E-state index < -0.39 is 0 Å². The molecule has 6 nitrogen and oxygen atoms in total. The van der Waals surface area contributed by atoms with Crippen molar-refractivity contribution >= 4 is 5.97 Å². The summed E-state index contributed by atoms with van der Waals surface area (Å²) in [6, 6.07) is 7.38. The summed E-state index contributed by atoms with van der Waals surface area (Å²) in [5, 5.41) is 3.88. The summed E-state index contributed by atoms with van der Waals surface area (Å²) in [6.45, 7) is 0.0114. The van der Waals surface area contributed by atoms with E-state index in [2.05, 4.69) is 10.1 Å². The number of para-hydroxylation sites is 1. The van der Waals surface area contributed by atoms with E-state index >= 15 is 0 Å². The zero-order chi connectivity index (χ0) is 13.9. The van der Waals surface area contributed by atoms with Crippen LogP contribution in [0.25, 0.3) is 11.4 Å². The van der Waals surface area contributed by atoms with Gasteiger partial charge in [0.15, 0.2) is 6.61 Å². The second kappa shape index (κ2) is 5.32. The van der Waals surface area contributed by atoms with Gasteiger partial charge in [0, 0.05) is 0 Å². The standard InChI is InChI=1S/C14H14N2O4/c1-18-11-5-3-2-4-10(11)13-15-12(20-16-13)8-19-14(17)9-6-7-9/h2-5,9H,6-8H2,1H3. The molecule has 0 saturated heterocycles. The van der Waals surface area contributed by atoms with Gasteiger partial charge in [-0.25, -0.2) is 0 Å². The highest BCUT2D eigenvalue weighted by Gasteiger charge is 2.31. The number of benzene rings is 1. The predicted molar refractivity (Wildman–Crippen MR) is 68.8 cm³/mol. The van der Waals surface area contributed by atoms with Gasteiger partial charge >= 0.3 is 5.97 Å². The Kier molecular flexibility index (Phi) is 3.37. The van der Waals surface area contributed by atoms with Crippen LogP contribution < -0.4 is 4.74 Å². The molecule has 0 N–H and O–H groups in total. The Labute approximate surface area is 115 Å². The number of esters is 1. The van der Waals surface area contributed by atoms with Crippen molar-refractivity contribution in [3.63, 3.8) is 0 Å². The Morgan fingerprint density at radius 3 is 2.95 bits per heavy atom. The van der Waals surface area contributed by atoms with Crippen LogP contribution in [0, 0.1) is 5.92 Å². The second-order valence-corrected chi connectivity index (χ2v) is 4.59. The number of aromatic nitrogens is 2. The van der Waals surface area contributed by atoms with E-state index in [0.717, 1.165) is 18.4 Å². The lowest BCUT2D eigenvalue weighted by Gasteiger charge is -2.03. The van der Waals surface area contributed by atoms with Crippen LogP contribution in [0.15, 0.2) is 28.8 Å². The largest absolute Gasteiger partial charge is 0.496 e. The van der Waals surface area contributed by atoms with Crippen molar-refractivity contribution in [3.8, 4) is 17.1 Å². The highest BCUT2D eigenvalue weighted by Crippen LogP contribution is 2.30. The van der Waals surface area contributed by atoms with Gasteiger partial charge in [0.05, 0.1) is 18.6 Å². The molecule has 0 spiro atoms. The molecule has 1 aliphatic rings. The smallest absolute Gasteiger partial charge is 0.309 e. The summed E-state index contributed by atoms with van der Waals surface area (Å²) in [6.07, 6.45) is 1.82. The molecule has 0 atom stereocenters. The van der Waals surface area contributed by atoms with Gasteiger partial charge in [0.1, 0.15) is 5.75 Å². The molecule has 2 aromatic rings. The van der Waals surface area contributed by atoms with Crippen molar-refractivity contribution in [3.05, 3.63) is 30.2 Å². The Morgan fingerprint density at radius 1 is 1.40 bits per heavy atom. The molecule has 0 radical (unpaired) electrons. The molecule has 1 aliphatic carbocycles. The van der Waals surface area contributed by atoms with Gasteiger partial charge < -0.3 is 14.0 Å². The summed E-state index contributed by atoms with van der Waals surface area (Å²) in [7, 11) is 1.58. The zero-order valence-electron chi connectivity index (χ0n) is 11.0. The Morgan fingerprint density at radius 2 is 2.20 bits per heavy atom. The average molecular weight is 274 g/mol. The van der Waals surface area contributed by atoms with Crippen LogP contribution in [0.4, 0.5) is 0 Å². The van der Waals surface area contributed by atoms with Crippen molar-refractivity contribution < 1.29 is 18.8 Å². The first-order valence-electron chi connectivity index (χ1n) is 6.40. The summed E-state index contributed by atoms with van der Waals surface area (Å²) >= 11 is 0. The molecular weight excluding hydrogens is 260 g/mol. The monoisotopic (exact) mass is 274 g/mol. The van der Waals surface area contributed by atoms with Gasteiger partial charge in [-0.1, -0.05) is 17.3 Å². The van der Waals surface area contributed by atoms with E-state index in [-0.39, 0.29) is 24.4 Å². The lowest BCUT2D eigenvalue weighted by Crippen LogP contribution is -2.06. The fourth-order valence-electron chi connectivity index (χ4n) is 1.82. The molecule has 1 saturated carbocycles. The molecule has 0 bridgehead atoms. The molecule has 0 unspecified atom stereocenters. The van der Waals surface area contributed by atoms with Crippen LogP contribution in [0.1, 0.15) is 18.7 Å².